The molecule has 1 aliphatic rings. The van der Waals surface area contributed by atoms with Gasteiger partial charge in [-0.2, -0.15) is 0 Å². The normalized spacial score (nSPS) is 16.6. The Kier molecular flexibility index (Phi) is 7.96. The number of nitrogens with one attached hydrogen (secondary N) is 1. The lowest BCUT2D eigenvalue weighted by molar-refractivity contribution is -0.00477. The van der Waals surface area contributed by atoms with Crippen LogP contribution in [0.4, 0.5) is 0 Å². The highest BCUT2D eigenvalue weighted by atomic mass is 16.5. The number of rotatable bonds is 3. The van der Waals surface area contributed by atoms with Crippen LogP contribution in [0.2, 0.25) is 0 Å². The van der Waals surface area contributed by atoms with E-state index in [4.69, 9.17) is 4.74 Å². The Labute approximate surface area is 70.3 Å². The van der Waals surface area contributed by atoms with Crippen molar-refractivity contribution in [1.29, 1.82) is 0 Å². The van der Waals surface area contributed by atoms with Crippen molar-refractivity contribution in [1.82, 2.24) is 5.32 Å². The third kappa shape index (κ3) is 6.32. The molecular formula is C9H21NO. The Bertz CT molecular complexity index is 72.0. The highest BCUT2D eigenvalue weighted by Gasteiger charge is 2.15. The molecule has 1 saturated heterocycles. The summed E-state index contributed by atoms with van der Waals surface area (Å²) in [7, 11) is 0. The predicted octanol–water partition coefficient (Wildman–Crippen LogP) is 1.80. The third-order valence-corrected chi connectivity index (χ3v) is 1.32. The summed E-state index contributed by atoms with van der Waals surface area (Å²) in [5.74, 6) is 0. The molecule has 0 radical (unpaired) electrons. The third-order valence-electron chi connectivity index (χ3n) is 1.32. The molecule has 11 heavy (non-hydrogen) atoms. The maximum atomic E-state index is 4.97. The van der Waals surface area contributed by atoms with Gasteiger partial charge in [0.05, 0.1) is 19.3 Å². The zero-order valence-electron chi connectivity index (χ0n) is 8.02. The summed E-state index contributed by atoms with van der Waals surface area (Å²) in [6.07, 6.45) is 2.47. The monoisotopic (exact) mass is 159 g/mol. The summed E-state index contributed by atoms with van der Waals surface area (Å²) in [5, 5.41) is 3.34. The van der Waals surface area contributed by atoms with Crippen molar-refractivity contribution in [3.63, 3.8) is 0 Å². The fourth-order valence-corrected chi connectivity index (χ4v) is 0.702. The quantitative estimate of drug-likeness (QED) is 0.678. The zero-order chi connectivity index (χ0) is 8.53. The first-order valence-electron chi connectivity index (χ1n) is 4.66. The maximum absolute atomic E-state index is 4.97. The minimum Gasteiger partial charge on any atom is -0.378 e. The molecule has 0 spiro atoms. The van der Waals surface area contributed by atoms with Crippen LogP contribution in [-0.4, -0.2) is 25.8 Å². The molecule has 0 aliphatic carbocycles. The number of hydrogen-bond acceptors (Lipinski definition) is 2. The topological polar surface area (TPSA) is 21.3 Å². The van der Waals surface area contributed by atoms with Gasteiger partial charge in [0, 0.05) is 0 Å². The van der Waals surface area contributed by atoms with Crippen molar-refractivity contribution in [2.75, 3.05) is 19.8 Å². The lowest BCUT2D eigenvalue weighted by Crippen LogP contribution is -2.46. The van der Waals surface area contributed by atoms with Crippen molar-refractivity contribution in [3.05, 3.63) is 0 Å². The van der Waals surface area contributed by atoms with E-state index in [2.05, 4.69) is 26.1 Å². The van der Waals surface area contributed by atoms with Gasteiger partial charge in [-0.3, -0.25) is 0 Å². The van der Waals surface area contributed by atoms with E-state index in [0.717, 1.165) is 19.8 Å². The van der Waals surface area contributed by atoms with E-state index in [1.807, 2.05) is 0 Å². The van der Waals surface area contributed by atoms with Gasteiger partial charge in [0.15, 0.2) is 0 Å². The molecule has 0 unspecified atom stereocenters. The number of ether oxygens (including phenoxy) is 1. The van der Waals surface area contributed by atoms with E-state index in [-0.39, 0.29) is 0 Å². The van der Waals surface area contributed by atoms with E-state index in [1.165, 1.54) is 12.8 Å². The van der Waals surface area contributed by atoms with Gasteiger partial charge in [0.1, 0.15) is 0 Å². The van der Waals surface area contributed by atoms with Crippen LogP contribution in [0.25, 0.3) is 0 Å². The van der Waals surface area contributed by atoms with Crippen LogP contribution in [0.3, 0.4) is 0 Å². The molecule has 2 heteroatoms. The van der Waals surface area contributed by atoms with E-state index in [0.29, 0.717) is 6.04 Å². The fraction of sp³-hybridized carbons (Fsp3) is 1.00. The second-order valence-electron chi connectivity index (χ2n) is 2.90. The molecule has 0 saturated carbocycles. The molecule has 2 nitrogen and oxygen atoms in total. The molecule has 1 aliphatic heterocycles. The standard InChI is InChI=1S/C6H13NO.C3H8/c1-2-3-7-6-4-8-5-6;1-3-2/h6-7H,2-5H2,1H3;3H2,1-2H3. The summed E-state index contributed by atoms with van der Waals surface area (Å²) in [5.41, 5.74) is 0. The summed E-state index contributed by atoms with van der Waals surface area (Å²) in [4.78, 5) is 0. The molecule has 1 heterocycles. The average Bonchev–Trinajstić information content (AvgIpc) is 1.87. The van der Waals surface area contributed by atoms with Crippen molar-refractivity contribution in [2.24, 2.45) is 0 Å². The smallest absolute Gasteiger partial charge is 0.0643 e. The summed E-state index contributed by atoms with van der Waals surface area (Å²) in [6.45, 7) is 9.39. The van der Waals surface area contributed by atoms with Gasteiger partial charge in [-0.25, -0.2) is 0 Å². The molecule has 0 aromatic heterocycles. The van der Waals surface area contributed by atoms with Gasteiger partial charge < -0.3 is 10.1 Å². The molecule has 0 bridgehead atoms. The van der Waals surface area contributed by atoms with Crippen LogP contribution in [-0.2, 0) is 4.74 Å². The van der Waals surface area contributed by atoms with Gasteiger partial charge in [-0.1, -0.05) is 27.2 Å². The van der Waals surface area contributed by atoms with Crippen LogP contribution < -0.4 is 5.32 Å². The molecule has 0 aromatic rings. The van der Waals surface area contributed by atoms with Gasteiger partial charge in [-0.05, 0) is 13.0 Å². The summed E-state index contributed by atoms with van der Waals surface area (Å²) in [6, 6.07) is 0.662. The minimum absolute atomic E-state index is 0.662. The highest BCUT2D eigenvalue weighted by Crippen LogP contribution is 1.98. The fourth-order valence-electron chi connectivity index (χ4n) is 0.702. The molecule has 0 atom stereocenters. The van der Waals surface area contributed by atoms with Gasteiger partial charge in [-0.15, -0.1) is 0 Å². The van der Waals surface area contributed by atoms with Crippen LogP contribution in [0.1, 0.15) is 33.6 Å². The first-order chi connectivity index (χ1) is 5.35. The van der Waals surface area contributed by atoms with E-state index in [1.54, 1.807) is 0 Å². The molecule has 1 rings (SSSR count). The molecule has 68 valence electrons. The summed E-state index contributed by atoms with van der Waals surface area (Å²) >= 11 is 0. The van der Waals surface area contributed by atoms with Gasteiger partial charge in [0.25, 0.3) is 0 Å². The largest absolute Gasteiger partial charge is 0.378 e. The van der Waals surface area contributed by atoms with Crippen LogP contribution in [0.5, 0.6) is 0 Å². The first-order valence-corrected chi connectivity index (χ1v) is 4.66. The Morgan fingerprint density at radius 1 is 1.27 bits per heavy atom. The predicted molar refractivity (Wildman–Crippen MR) is 48.9 cm³/mol. The van der Waals surface area contributed by atoms with Crippen LogP contribution in [0.15, 0.2) is 0 Å². The van der Waals surface area contributed by atoms with E-state index < -0.39 is 0 Å². The van der Waals surface area contributed by atoms with Gasteiger partial charge in [0.2, 0.25) is 0 Å². The van der Waals surface area contributed by atoms with Crippen molar-refractivity contribution >= 4 is 0 Å². The lowest BCUT2D eigenvalue weighted by atomic mass is 10.2. The molecule has 0 amide bonds. The second kappa shape index (κ2) is 8.02. The molecule has 1 fully saturated rings. The maximum Gasteiger partial charge on any atom is 0.0643 e. The van der Waals surface area contributed by atoms with Crippen molar-refractivity contribution in [3.8, 4) is 0 Å². The Balaban J connectivity index is 0.000000292. The van der Waals surface area contributed by atoms with Crippen LogP contribution >= 0.6 is 0 Å². The second-order valence-corrected chi connectivity index (χ2v) is 2.90. The zero-order valence-corrected chi connectivity index (χ0v) is 8.02. The average molecular weight is 159 g/mol. The van der Waals surface area contributed by atoms with E-state index in [9.17, 15) is 0 Å². The Hall–Kier alpha value is -0.0800. The molecular weight excluding hydrogens is 138 g/mol. The number of hydrogen-bond donors (Lipinski definition) is 1. The van der Waals surface area contributed by atoms with Crippen molar-refractivity contribution in [2.45, 2.75) is 39.7 Å². The molecule has 0 aromatic carbocycles. The SMILES string of the molecule is CCC.CCCNC1COC1. The summed E-state index contributed by atoms with van der Waals surface area (Å²) < 4.78 is 4.97. The lowest BCUT2D eigenvalue weighted by Gasteiger charge is -2.26. The molecule has 1 N–H and O–H groups in total. The minimum atomic E-state index is 0.662. The Morgan fingerprint density at radius 2 is 1.82 bits per heavy atom. The van der Waals surface area contributed by atoms with Crippen molar-refractivity contribution < 1.29 is 4.74 Å². The van der Waals surface area contributed by atoms with E-state index >= 15 is 0 Å². The first kappa shape index (κ1) is 10.9. The Morgan fingerprint density at radius 3 is 2.09 bits per heavy atom. The van der Waals surface area contributed by atoms with Gasteiger partial charge >= 0.3 is 0 Å². The highest BCUT2D eigenvalue weighted by molar-refractivity contribution is 4.71. The van der Waals surface area contributed by atoms with Crippen LogP contribution in [0, 0.1) is 0 Å².